The normalized spacial score (nSPS) is 22.8. The van der Waals surface area contributed by atoms with Gasteiger partial charge in [0, 0.05) is 11.5 Å². The molecule has 0 unspecified atom stereocenters. The van der Waals surface area contributed by atoms with Gasteiger partial charge in [-0.25, -0.2) is 13.2 Å². The minimum Gasteiger partial charge on any atom is -0.348 e. The Morgan fingerprint density at radius 1 is 1.20 bits per heavy atom. The molecule has 0 atom stereocenters. The molecule has 0 spiro atoms. The zero-order chi connectivity index (χ0) is 14.5. The van der Waals surface area contributed by atoms with Crippen molar-refractivity contribution in [1.82, 2.24) is 0 Å². The average Bonchev–Trinajstić information content (AvgIpc) is 2.45. The summed E-state index contributed by atoms with van der Waals surface area (Å²) < 4.78 is 50.4. The van der Waals surface area contributed by atoms with Crippen LogP contribution in [0.25, 0.3) is 0 Å². The fraction of sp³-hybridized carbons (Fsp3) is 0.467. The Morgan fingerprint density at radius 3 is 2.30 bits per heavy atom. The van der Waals surface area contributed by atoms with E-state index in [2.05, 4.69) is 6.58 Å². The highest BCUT2D eigenvalue weighted by atomic mass is 19.1. The van der Waals surface area contributed by atoms with Gasteiger partial charge in [0.15, 0.2) is 6.29 Å². The summed E-state index contributed by atoms with van der Waals surface area (Å²) in [6, 6.07) is 2.12. The topological polar surface area (TPSA) is 18.5 Å². The van der Waals surface area contributed by atoms with Crippen molar-refractivity contribution in [2.75, 3.05) is 13.2 Å². The van der Waals surface area contributed by atoms with Crippen LogP contribution in [0, 0.1) is 17.6 Å². The molecule has 0 bridgehead atoms. The van der Waals surface area contributed by atoms with Crippen LogP contribution in [0.15, 0.2) is 24.8 Å². The Labute approximate surface area is 116 Å². The quantitative estimate of drug-likeness (QED) is 0.760. The van der Waals surface area contributed by atoms with E-state index in [1.54, 1.807) is 0 Å². The molecule has 1 aliphatic rings. The van der Waals surface area contributed by atoms with Crippen LogP contribution in [0.3, 0.4) is 0 Å². The van der Waals surface area contributed by atoms with E-state index in [0.29, 0.717) is 13.2 Å². The van der Waals surface area contributed by atoms with Gasteiger partial charge in [-0.2, -0.15) is 0 Å². The van der Waals surface area contributed by atoms with Crippen LogP contribution >= 0.6 is 0 Å². The fourth-order valence-corrected chi connectivity index (χ4v) is 2.14. The molecule has 1 heterocycles. The second kappa shape index (κ2) is 6.90. The Kier molecular flexibility index (Phi) is 5.20. The van der Waals surface area contributed by atoms with E-state index in [1.165, 1.54) is 0 Å². The van der Waals surface area contributed by atoms with Crippen molar-refractivity contribution in [3.8, 4) is 0 Å². The van der Waals surface area contributed by atoms with E-state index in [4.69, 9.17) is 9.47 Å². The molecular weight excluding hydrogens is 269 g/mol. The van der Waals surface area contributed by atoms with E-state index < -0.39 is 30.2 Å². The van der Waals surface area contributed by atoms with Gasteiger partial charge < -0.3 is 9.47 Å². The van der Waals surface area contributed by atoms with Crippen LogP contribution in [0.1, 0.15) is 30.3 Å². The van der Waals surface area contributed by atoms with Gasteiger partial charge in [0.1, 0.15) is 18.3 Å². The summed E-state index contributed by atoms with van der Waals surface area (Å²) in [6.07, 6.45) is 2.80. The molecule has 2 nitrogen and oxygen atoms in total. The number of rotatable bonds is 5. The first-order chi connectivity index (χ1) is 9.65. The number of hydrogen-bond donors (Lipinski definition) is 0. The second-order valence-corrected chi connectivity index (χ2v) is 4.83. The maximum atomic E-state index is 13.5. The van der Waals surface area contributed by atoms with Crippen LogP contribution in [0.4, 0.5) is 13.2 Å². The van der Waals surface area contributed by atoms with Gasteiger partial charge in [-0.3, -0.25) is 0 Å². The molecule has 2 rings (SSSR count). The summed E-state index contributed by atoms with van der Waals surface area (Å²) in [5.74, 6) is -1.57. The van der Waals surface area contributed by atoms with E-state index in [1.807, 2.05) is 6.08 Å². The van der Waals surface area contributed by atoms with Crippen molar-refractivity contribution >= 4 is 0 Å². The Bertz CT molecular complexity index is 445. The lowest BCUT2D eigenvalue weighted by atomic mass is 10.0. The summed E-state index contributed by atoms with van der Waals surface area (Å²) in [7, 11) is 0. The maximum absolute atomic E-state index is 13.5. The van der Waals surface area contributed by atoms with Crippen molar-refractivity contribution in [3.63, 3.8) is 0 Å². The van der Waals surface area contributed by atoms with Crippen LogP contribution in [0.5, 0.6) is 0 Å². The molecule has 0 saturated carbocycles. The Balaban J connectivity index is 2.02. The highest BCUT2D eigenvalue weighted by molar-refractivity contribution is 5.26. The maximum Gasteiger partial charge on any atom is 0.184 e. The van der Waals surface area contributed by atoms with Crippen molar-refractivity contribution in [1.29, 1.82) is 0 Å². The van der Waals surface area contributed by atoms with E-state index in [0.717, 1.165) is 25.0 Å². The third-order valence-electron chi connectivity index (χ3n) is 3.31. The first-order valence-electron chi connectivity index (χ1n) is 6.53. The summed E-state index contributed by atoms with van der Waals surface area (Å²) >= 11 is 0. The van der Waals surface area contributed by atoms with Crippen LogP contribution < -0.4 is 0 Å². The van der Waals surface area contributed by atoms with E-state index >= 15 is 0 Å². The molecule has 0 N–H and O–H groups in total. The standard InChI is InChI=1S/C15H17F3O2/c1-2-3-4-10-8-19-15(20-9-10)11-5-13(17)12(7-16)14(18)6-11/h2,5-6,10,15H,1,3-4,7-9H2. The SMILES string of the molecule is C=CCCC1COC(c2cc(F)c(CF)c(F)c2)OC1. The third-order valence-corrected chi connectivity index (χ3v) is 3.31. The second-order valence-electron chi connectivity index (χ2n) is 4.83. The number of hydrogen-bond acceptors (Lipinski definition) is 2. The largest absolute Gasteiger partial charge is 0.348 e. The molecule has 1 fully saturated rings. The minimum absolute atomic E-state index is 0.236. The molecule has 20 heavy (non-hydrogen) atoms. The van der Waals surface area contributed by atoms with Crippen LogP contribution in [-0.2, 0) is 16.1 Å². The highest BCUT2D eigenvalue weighted by Crippen LogP contribution is 2.29. The first-order valence-corrected chi connectivity index (χ1v) is 6.53. The number of halogens is 3. The lowest BCUT2D eigenvalue weighted by Gasteiger charge is -2.29. The summed E-state index contributed by atoms with van der Waals surface area (Å²) in [4.78, 5) is 0. The van der Waals surface area contributed by atoms with Gasteiger partial charge in [-0.1, -0.05) is 6.08 Å². The molecule has 1 aromatic carbocycles. The molecular formula is C15H17F3O2. The third kappa shape index (κ3) is 3.41. The molecule has 1 aromatic rings. The number of ether oxygens (including phenoxy) is 2. The average molecular weight is 286 g/mol. The van der Waals surface area contributed by atoms with Gasteiger partial charge in [-0.15, -0.1) is 6.58 Å². The van der Waals surface area contributed by atoms with Gasteiger partial charge in [0.2, 0.25) is 0 Å². The zero-order valence-electron chi connectivity index (χ0n) is 11.1. The highest BCUT2D eigenvalue weighted by Gasteiger charge is 2.25. The zero-order valence-corrected chi connectivity index (χ0v) is 11.1. The predicted molar refractivity (Wildman–Crippen MR) is 68.7 cm³/mol. The fourth-order valence-electron chi connectivity index (χ4n) is 2.14. The molecule has 0 radical (unpaired) electrons. The van der Waals surface area contributed by atoms with Crippen molar-refractivity contribution in [3.05, 3.63) is 47.5 Å². The summed E-state index contributed by atoms with van der Waals surface area (Å²) in [6.45, 7) is 3.40. The van der Waals surface area contributed by atoms with Gasteiger partial charge in [0.05, 0.1) is 18.8 Å². The van der Waals surface area contributed by atoms with Crippen LogP contribution in [0.2, 0.25) is 0 Å². The lowest BCUT2D eigenvalue weighted by molar-refractivity contribution is -0.206. The van der Waals surface area contributed by atoms with Crippen LogP contribution in [-0.4, -0.2) is 13.2 Å². The number of alkyl halides is 1. The summed E-state index contributed by atoms with van der Waals surface area (Å²) in [5.41, 5.74) is -0.326. The Hall–Kier alpha value is -1.33. The van der Waals surface area contributed by atoms with Gasteiger partial charge in [-0.05, 0) is 25.0 Å². The molecule has 5 heteroatoms. The molecule has 0 aromatic heterocycles. The number of benzene rings is 1. The van der Waals surface area contributed by atoms with Gasteiger partial charge in [0.25, 0.3) is 0 Å². The van der Waals surface area contributed by atoms with E-state index in [9.17, 15) is 13.2 Å². The minimum atomic E-state index is -1.17. The predicted octanol–water partition coefficient (Wildman–Crippen LogP) is 4.06. The van der Waals surface area contributed by atoms with Crippen molar-refractivity contribution < 1.29 is 22.6 Å². The van der Waals surface area contributed by atoms with Crippen molar-refractivity contribution in [2.45, 2.75) is 25.8 Å². The summed E-state index contributed by atoms with van der Waals surface area (Å²) in [5, 5.41) is 0. The molecule has 1 aliphatic heterocycles. The molecule has 1 saturated heterocycles. The molecule has 0 amide bonds. The number of allylic oxidation sites excluding steroid dienone is 1. The van der Waals surface area contributed by atoms with Gasteiger partial charge >= 0.3 is 0 Å². The Morgan fingerprint density at radius 2 is 1.80 bits per heavy atom. The monoisotopic (exact) mass is 286 g/mol. The molecule has 110 valence electrons. The van der Waals surface area contributed by atoms with Crippen molar-refractivity contribution in [2.24, 2.45) is 5.92 Å². The lowest BCUT2D eigenvalue weighted by Crippen LogP contribution is -2.27. The smallest absolute Gasteiger partial charge is 0.184 e. The van der Waals surface area contributed by atoms with E-state index in [-0.39, 0.29) is 11.5 Å². The first kappa shape index (κ1) is 15.1. The molecule has 0 aliphatic carbocycles.